The Morgan fingerprint density at radius 2 is 1.43 bits per heavy atom. The molecular weight excluding hydrogens is 444 g/mol. The number of alkyl carbamates (subject to hydrolysis) is 1. The second-order valence-electron chi connectivity index (χ2n) is 10.1. The van der Waals surface area contributed by atoms with Gasteiger partial charge in [0, 0.05) is 23.9 Å². The lowest BCUT2D eigenvalue weighted by Crippen LogP contribution is -2.44. The number of amides is 2. The first kappa shape index (κ1) is 23.4. The topological polar surface area (TPSA) is 105 Å². The fourth-order valence-corrected chi connectivity index (χ4v) is 6.02. The summed E-state index contributed by atoms with van der Waals surface area (Å²) in [5, 5.41) is 15.2. The second kappa shape index (κ2) is 10.1. The molecule has 2 aromatic carbocycles. The minimum atomic E-state index is -0.785. The first-order valence-electron chi connectivity index (χ1n) is 12.6. The number of nitrogens with one attached hydrogen (secondary N) is 2. The number of carboxylic acids is 1. The van der Waals surface area contributed by atoms with Crippen molar-refractivity contribution in [1.29, 1.82) is 0 Å². The predicted molar refractivity (Wildman–Crippen MR) is 131 cm³/mol. The van der Waals surface area contributed by atoms with E-state index in [-0.39, 0.29) is 42.4 Å². The zero-order valence-corrected chi connectivity index (χ0v) is 19.7. The number of carboxylic acid groups (broad SMARTS) is 1. The lowest BCUT2D eigenvalue weighted by molar-refractivity contribution is -0.141. The van der Waals surface area contributed by atoms with E-state index in [1.807, 2.05) is 24.3 Å². The number of carbonyl (C=O) groups excluding carboxylic acids is 2. The zero-order chi connectivity index (χ0) is 24.4. The summed E-state index contributed by atoms with van der Waals surface area (Å²) in [7, 11) is 0. The van der Waals surface area contributed by atoms with Gasteiger partial charge in [0.2, 0.25) is 5.91 Å². The van der Waals surface area contributed by atoms with Gasteiger partial charge >= 0.3 is 12.1 Å². The summed E-state index contributed by atoms with van der Waals surface area (Å²) in [6, 6.07) is 16.3. The highest BCUT2D eigenvalue weighted by Crippen LogP contribution is 2.44. The van der Waals surface area contributed by atoms with Gasteiger partial charge in [-0.25, -0.2) is 4.79 Å². The van der Waals surface area contributed by atoms with E-state index in [0.717, 1.165) is 19.3 Å². The van der Waals surface area contributed by atoms with E-state index in [1.54, 1.807) is 0 Å². The molecule has 4 atom stereocenters. The molecule has 3 aliphatic carbocycles. The van der Waals surface area contributed by atoms with Gasteiger partial charge in [-0.2, -0.15) is 0 Å². The summed E-state index contributed by atoms with van der Waals surface area (Å²) < 4.78 is 5.67. The molecular formula is C28H32N2O5. The number of hydrogen-bond acceptors (Lipinski definition) is 4. The molecule has 0 saturated heterocycles. The Bertz CT molecular complexity index is 1070. The van der Waals surface area contributed by atoms with Gasteiger partial charge < -0.3 is 20.5 Å². The molecule has 0 bridgehead atoms. The summed E-state index contributed by atoms with van der Waals surface area (Å²) in [4.78, 5) is 36.6. The Hall–Kier alpha value is -3.35. The number of ether oxygens (including phenoxy) is 1. The second-order valence-corrected chi connectivity index (χ2v) is 10.1. The van der Waals surface area contributed by atoms with E-state index in [0.29, 0.717) is 25.7 Å². The summed E-state index contributed by atoms with van der Waals surface area (Å²) in [6.45, 7) is 0.267. The molecule has 0 aromatic heterocycles. The lowest BCUT2D eigenvalue weighted by Gasteiger charge is -2.29. The highest BCUT2D eigenvalue weighted by Gasteiger charge is 2.34. The molecule has 0 unspecified atom stereocenters. The van der Waals surface area contributed by atoms with E-state index >= 15 is 0 Å². The van der Waals surface area contributed by atoms with Gasteiger partial charge in [0.25, 0.3) is 0 Å². The lowest BCUT2D eigenvalue weighted by atomic mass is 9.85. The zero-order valence-electron chi connectivity index (χ0n) is 19.7. The number of carbonyl (C=O) groups is 3. The van der Waals surface area contributed by atoms with Crippen LogP contribution >= 0.6 is 0 Å². The first-order chi connectivity index (χ1) is 17.0. The molecule has 2 amide bonds. The quantitative estimate of drug-likeness (QED) is 0.571. The highest BCUT2D eigenvalue weighted by atomic mass is 16.5. The van der Waals surface area contributed by atoms with Crippen molar-refractivity contribution in [2.45, 2.75) is 62.9 Å². The molecule has 0 spiro atoms. The fraction of sp³-hybridized carbons (Fsp3) is 0.464. The Morgan fingerprint density at radius 1 is 0.800 bits per heavy atom. The minimum absolute atomic E-state index is 0.0130. The first-order valence-corrected chi connectivity index (χ1v) is 12.6. The van der Waals surface area contributed by atoms with Gasteiger partial charge in [-0.1, -0.05) is 55.0 Å². The van der Waals surface area contributed by atoms with E-state index in [9.17, 15) is 19.5 Å². The maximum Gasteiger partial charge on any atom is 0.407 e. The third-order valence-corrected chi connectivity index (χ3v) is 7.84. The van der Waals surface area contributed by atoms with Gasteiger partial charge in [-0.15, -0.1) is 0 Å². The van der Waals surface area contributed by atoms with Crippen molar-refractivity contribution in [3.05, 3.63) is 59.7 Å². The summed E-state index contributed by atoms with van der Waals surface area (Å²) >= 11 is 0. The molecule has 0 aliphatic heterocycles. The monoisotopic (exact) mass is 476 g/mol. The number of hydrogen-bond donors (Lipinski definition) is 3. The van der Waals surface area contributed by atoms with Crippen LogP contribution in [0.5, 0.6) is 0 Å². The van der Waals surface area contributed by atoms with Crippen molar-refractivity contribution >= 4 is 18.0 Å². The Morgan fingerprint density at radius 3 is 2.09 bits per heavy atom. The van der Waals surface area contributed by atoms with Gasteiger partial charge in [-0.3, -0.25) is 9.59 Å². The van der Waals surface area contributed by atoms with Gasteiger partial charge in [0.1, 0.15) is 6.61 Å². The molecule has 0 heterocycles. The highest BCUT2D eigenvalue weighted by molar-refractivity contribution is 5.80. The largest absolute Gasteiger partial charge is 0.481 e. The Kier molecular flexibility index (Phi) is 6.75. The molecule has 7 nitrogen and oxygen atoms in total. The Labute approximate surface area is 205 Å². The minimum Gasteiger partial charge on any atom is -0.481 e. The summed E-state index contributed by atoms with van der Waals surface area (Å²) in [6.07, 6.45) is 4.39. The van der Waals surface area contributed by atoms with Crippen molar-refractivity contribution in [2.24, 2.45) is 11.8 Å². The number of aliphatic carboxylic acids is 1. The molecule has 3 N–H and O–H groups in total. The van der Waals surface area contributed by atoms with Gasteiger partial charge in [-0.05, 0) is 60.8 Å². The van der Waals surface area contributed by atoms with Crippen molar-refractivity contribution in [3.63, 3.8) is 0 Å². The van der Waals surface area contributed by atoms with E-state index in [4.69, 9.17) is 4.74 Å². The van der Waals surface area contributed by atoms with E-state index in [2.05, 4.69) is 34.9 Å². The molecule has 5 rings (SSSR count). The summed E-state index contributed by atoms with van der Waals surface area (Å²) in [5.74, 6) is -1.34. The standard InChI is InChI=1S/C28H32N2O5/c31-26(29-20-13-12-18(15-20)27(32)33)17-6-5-7-19(14-17)30-28(34)35-16-25-23-10-3-1-8-21(23)22-9-2-4-11-24(22)25/h1-4,8-11,17-20,25H,5-7,12-16H2,(H,29,31)(H,30,34)(H,32,33)/t17-,18+,19-,20-/m1/s1. The third-order valence-electron chi connectivity index (χ3n) is 7.84. The van der Waals surface area contributed by atoms with Crippen LogP contribution in [0.25, 0.3) is 11.1 Å². The van der Waals surface area contributed by atoms with Gasteiger partial charge in [0.15, 0.2) is 0 Å². The van der Waals surface area contributed by atoms with Crippen LogP contribution in [0.2, 0.25) is 0 Å². The van der Waals surface area contributed by atoms with Crippen LogP contribution in [0.1, 0.15) is 62.0 Å². The van der Waals surface area contributed by atoms with Crippen LogP contribution in [0.4, 0.5) is 4.79 Å². The van der Waals surface area contributed by atoms with Crippen molar-refractivity contribution in [3.8, 4) is 11.1 Å². The van der Waals surface area contributed by atoms with Crippen molar-refractivity contribution in [2.75, 3.05) is 6.61 Å². The van der Waals surface area contributed by atoms with E-state index in [1.165, 1.54) is 22.3 Å². The molecule has 0 radical (unpaired) electrons. The smallest absolute Gasteiger partial charge is 0.407 e. The average molecular weight is 477 g/mol. The van der Waals surface area contributed by atoms with Crippen LogP contribution in [-0.2, 0) is 14.3 Å². The number of benzene rings is 2. The van der Waals surface area contributed by atoms with Crippen LogP contribution in [0, 0.1) is 11.8 Å². The summed E-state index contributed by atoms with van der Waals surface area (Å²) in [5.41, 5.74) is 4.73. The van der Waals surface area contributed by atoms with E-state index < -0.39 is 12.1 Å². The molecule has 2 fully saturated rings. The van der Waals surface area contributed by atoms with Crippen LogP contribution in [0.15, 0.2) is 48.5 Å². The molecule has 2 aromatic rings. The fourth-order valence-electron chi connectivity index (χ4n) is 6.02. The average Bonchev–Trinajstić information content (AvgIpc) is 3.46. The predicted octanol–water partition coefficient (Wildman–Crippen LogP) is 4.45. The normalized spacial score (nSPS) is 25.4. The number of fused-ring (bicyclic) bond motifs is 3. The van der Waals surface area contributed by atoms with Gasteiger partial charge in [0.05, 0.1) is 5.92 Å². The van der Waals surface area contributed by atoms with Crippen LogP contribution in [-0.4, -0.2) is 41.8 Å². The SMILES string of the molecule is O=C(N[C@@H]1CCC[C@@H](C(=O)N[C@@H]2CC[C@H](C(=O)O)C2)C1)OCC1c2ccccc2-c2ccccc21. The Balaban J connectivity index is 1.13. The maximum atomic E-state index is 12.8. The molecule has 35 heavy (non-hydrogen) atoms. The van der Waals surface area contributed by atoms with Crippen molar-refractivity contribution in [1.82, 2.24) is 10.6 Å². The molecule has 2 saturated carbocycles. The maximum absolute atomic E-state index is 12.8. The molecule has 184 valence electrons. The third kappa shape index (κ3) is 5.04. The molecule has 3 aliphatic rings. The molecule has 7 heteroatoms. The van der Waals surface area contributed by atoms with Crippen LogP contribution in [0.3, 0.4) is 0 Å². The number of rotatable bonds is 6. The van der Waals surface area contributed by atoms with Crippen molar-refractivity contribution < 1.29 is 24.2 Å². The van der Waals surface area contributed by atoms with Crippen LogP contribution < -0.4 is 10.6 Å².